The Hall–Kier alpha value is -3.49. The fourth-order valence-electron chi connectivity index (χ4n) is 5.92. The van der Waals surface area contributed by atoms with Crippen molar-refractivity contribution in [2.24, 2.45) is 5.92 Å². The Bertz CT molecular complexity index is 1370. The number of para-hydroxylation sites is 1. The zero-order valence-electron chi connectivity index (χ0n) is 23.0. The van der Waals surface area contributed by atoms with Crippen molar-refractivity contribution in [3.63, 3.8) is 0 Å². The Kier molecular flexibility index (Phi) is 8.66. The van der Waals surface area contributed by atoms with Gasteiger partial charge in [-0.1, -0.05) is 36.6 Å². The lowest BCUT2D eigenvalue weighted by Gasteiger charge is -2.31. The Morgan fingerprint density at radius 1 is 1.05 bits per heavy atom. The van der Waals surface area contributed by atoms with E-state index in [0.717, 1.165) is 41.8 Å². The van der Waals surface area contributed by atoms with Gasteiger partial charge in [0.25, 0.3) is 0 Å². The van der Waals surface area contributed by atoms with E-state index < -0.39 is 12.2 Å². The molecule has 2 heterocycles. The van der Waals surface area contributed by atoms with E-state index in [2.05, 4.69) is 5.32 Å². The lowest BCUT2D eigenvalue weighted by Crippen LogP contribution is -2.46. The number of nitrogens with one attached hydrogen (secondary N) is 1. The van der Waals surface area contributed by atoms with E-state index in [4.69, 9.17) is 30.5 Å². The summed E-state index contributed by atoms with van der Waals surface area (Å²) in [6.45, 7) is 2.12. The molecule has 0 bridgehead atoms. The van der Waals surface area contributed by atoms with Crippen LogP contribution in [0.15, 0.2) is 54.7 Å². The maximum Gasteiger partial charge on any atom is 0.311 e. The number of halogens is 1. The normalized spacial score (nSPS) is 21.9. The van der Waals surface area contributed by atoms with Crippen LogP contribution in [0.1, 0.15) is 68.1 Å². The van der Waals surface area contributed by atoms with Gasteiger partial charge in [0.1, 0.15) is 12.2 Å². The number of amides is 1. The van der Waals surface area contributed by atoms with Gasteiger partial charge in [0.2, 0.25) is 5.91 Å². The predicted molar refractivity (Wildman–Crippen MR) is 151 cm³/mol. The summed E-state index contributed by atoms with van der Waals surface area (Å²) in [7, 11) is 3.18. The van der Waals surface area contributed by atoms with E-state index in [1.54, 1.807) is 21.1 Å². The Morgan fingerprint density at radius 2 is 1.88 bits per heavy atom. The van der Waals surface area contributed by atoms with Crippen LogP contribution in [-0.2, 0) is 19.1 Å². The highest BCUT2D eigenvalue weighted by molar-refractivity contribution is 6.30. The van der Waals surface area contributed by atoms with Gasteiger partial charge in [-0.3, -0.25) is 9.59 Å². The highest BCUT2D eigenvalue weighted by Gasteiger charge is 2.36. The van der Waals surface area contributed by atoms with Crippen molar-refractivity contribution in [2.45, 2.75) is 57.3 Å². The molecule has 1 saturated carbocycles. The lowest BCUT2D eigenvalue weighted by molar-refractivity contribution is -0.150. The van der Waals surface area contributed by atoms with Crippen LogP contribution in [0.5, 0.6) is 11.5 Å². The Balaban J connectivity index is 1.49. The van der Waals surface area contributed by atoms with Crippen molar-refractivity contribution in [1.29, 1.82) is 0 Å². The average molecular weight is 567 g/mol. The third-order valence-electron chi connectivity index (χ3n) is 7.73. The molecule has 40 heavy (non-hydrogen) atoms. The van der Waals surface area contributed by atoms with Gasteiger partial charge in [-0.05, 0) is 56.2 Å². The van der Waals surface area contributed by atoms with Crippen LogP contribution in [0.2, 0.25) is 5.02 Å². The molecule has 4 atom stereocenters. The summed E-state index contributed by atoms with van der Waals surface area (Å²) in [4.78, 5) is 26.1. The molecule has 0 spiro atoms. The number of hydrogen-bond acceptors (Lipinski definition) is 6. The van der Waals surface area contributed by atoms with Gasteiger partial charge in [0.15, 0.2) is 11.5 Å². The molecule has 1 fully saturated rings. The van der Waals surface area contributed by atoms with Crippen LogP contribution in [0, 0.1) is 5.92 Å². The summed E-state index contributed by atoms with van der Waals surface area (Å²) in [6, 6.07) is 15.0. The third kappa shape index (κ3) is 5.56. The first kappa shape index (κ1) is 28.1. The number of esters is 1. The molecule has 212 valence electrons. The van der Waals surface area contributed by atoms with Crippen LogP contribution in [0.3, 0.4) is 0 Å². The SMILES string of the molecule is CCOC(=O)[C@H]1CCCC[C@H]1NC(=O)C[C@H]1O[C@H](c2cccc(OC)c2OC)c2cc(Cl)ccc2-n2cccc21. The summed E-state index contributed by atoms with van der Waals surface area (Å²) in [6.07, 6.45) is 4.19. The van der Waals surface area contributed by atoms with Gasteiger partial charge in [-0.25, -0.2) is 0 Å². The Labute approximate surface area is 239 Å². The predicted octanol–water partition coefficient (Wildman–Crippen LogP) is 5.94. The zero-order valence-corrected chi connectivity index (χ0v) is 23.8. The number of methoxy groups -OCH3 is 2. The molecule has 1 amide bonds. The van der Waals surface area contributed by atoms with Crippen LogP contribution in [0.4, 0.5) is 0 Å². The number of benzene rings is 2. The largest absolute Gasteiger partial charge is 0.493 e. The summed E-state index contributed by atoms with van der Waals surface area (Å²) in [5, 5.41) is 3.70. The van der Waals surface area contributed by atoms with E-state index in [-0.39, 0.29) is 30.3 Å². The molecule has 0 unspecified atom stereocenters. The second-order valence-corrected chi connectivity index (χ2v) is 10.6. The topological polar surface area (TPSA) is 88.0 Å². The zero-order chi connectivity index (χ0) is 28.2. The van der Waals surface area contributed by atoms with Crippen LogP contribution < -0.4 is 14.8 Å². The molecular formula is C31H35ClN2O6. The van der Waals surface area contributed by atoms with Gasteiger partial charge in [0, 0.05) is 28.4 Å². The summed E-state index contributed by atoms with van der Waals surface area (Å²) in [5.41, 5.74) is 3.34. The molecule has 3 aromatic rings. The van der Waals surface area contributed by atoms with Crippen LogP contribution in [0.25, 0.3) is 5.69 Å². The fourth-order valence-corrected chi connectivity index (χ4v) is 6.10. The van der Waals surface area contributed by atoms with Crippen molar-refractivity contribution < 1.29 is 28.5 Å². The first-order valence-electron chi connectivity index (χ1n) is 13.7. The molecule has 2 aromatic carbocycles. The second-order valence-electron chi connectivity index (χ2n) is 10.1. The number of fused-ring (bicyclic) bond motifs is 3. The van der Waals surface area contributed by atoms with E-state index in [1.165, 1.54) is 0 Å². The molecular weight excluding hydrogens is 532 g/mol. The monoisotopic (exact) mass is 566 g/mol. The molecule has 9 heteroatoms. The fraction of sp³-hybridized carbons (Fsp3) is 0.419. The van der Waals surface area contributed by atoms with Crippen molar-refractivity contribution in [1.82, 2.24) is 9.88 Å². The van der Waals surface area contributed by atoms with Gasteiger partial charge in [0.05, 0.1) is 44.5 Å². The summed E-state index contributed by atoms with van der Waals surface area (Å²) in [5.74, 6) is 0.364. The maximum atomic E-state index is 13.5. The molecule has 1 aliphatic heterocycles. The van der Waals surface area contributed by atoms with Crippen molar-refractivity contribution in [3.8, 4) is 17.2 Å². The van der Waals surface area contributed by atoms with E-state index in [0.29, 0.717) is 29.5 Å². The van der Waals surface area contributed by atoms with Gasteiger partial charge in [-0.2, -0.15) is 0 Å². The Morgan fingerprint density at radius 3 is 2.65 bits per heavy atom. The first-order valence-corrected chi connectivity index (χ1v) is 14.1. The molecule has 1 aromatic heterocycles. The number of carbonyl (C=O) groups is 2. The van der Waals surface area contributed by atoms with Gasteiger partial charge < -0.3 is 28.8 Å². The smallest absolute Gasteiger partial charge is 0.311 e. The molecule has 0 radical (unpaired) electrons. The van der Waals surface area contributed by atoms with Crippen molar-refractivity contribution in [2.75, 3.05) is 20.8 Å². The quantitative estimate of drug-likeness (QED) is 0.340. The summed E-state index contributed by atoms with van der Waals surface area (Å²) >= 11 is 6.48. The average Bonchev–Trinajstić information content (AvgIpc) is 3.40. The van der Waals surface area contributed by atoms with E-state index in [9.17, 15) is 9.59 Å². The lowest BCUT2D eigenvalue weighted by atomic mass is 9.84. The highest BCUT2D eigenvalue weighted by atomic mass is 35.5. The van der Waals surface area contributed by atoms with E-state index in [1.807, 2.05) is 59.3 Å². The number of rotatable bonds is 8. The molecule has 1 aliphatic carbocycles. The number of aromatic nitrogens is 1. The second kappa shape index (κ2) is 12.4. The minimum absolute atomic E-state index is 0.0700. The highest BCUT2D eigenvalue weighted by Crippen LogP contribution is 2.46. The van der Waals surface area contributed by atoms with E-state index >= 15 is 0 Å². The van der Waals surface area contributed by atoms with Crippen LogP contribution in [-0.4, -0.2) is 43.3 Å². The molecule has 0 saturated heterocycles. The van der Waals surface area contributed by atoms with Crippen LogP contribution >= 0.6 is 11.6 Å². The molecule has 1 N–H and O–H groups in total. The van der Waals surface area contributed by atoms with Crippen molar-refractivity contribution >= 4 is 23.5 Å². The summed E-state index contributed by atoms with van der Waals surface area (Å²) < 4.78 is 25.5. The van der Waals surface area contributed by atoms with Crippen molar-refractivity contribution in [3.05, 3.63) is 76.6 Å². The van der Waals surface area contributed by atoms with Gasteiger partial charge in [-0.15, -0.1) is 0 Å². The molecule has 2 aliphatic rings. The number of hydrogen-bond donors (Lipinski definition) is 1. The third-order valence-corrected chi connectivity index (χ3v) is 7.97. The minimum Gasteiger partial charge on any atom is -0.493 e. The maximum absolute atomic E-state index is 13.5. The molecule has 8 nitrogen and oxygen atoms in total. The van der Waals surface area contributed by atoms with Gasteiger partial charge >= 0.3 is 5.97 Å². The number of carbonyl (C=O) groups excluding carboxylic acids is 2. The number of ether oxygens (including phenoxy) is 4. The first-order chi connectivity index (χ1) is 19.4. The standard InChI is InChI=1S/C31H35ClN2O6/c1-4-39-31(36)20-9-5-6-11-23(20)33-28(35)18-27-25-12-8-16-34(25)24-15-14-19(32)17-22(24)29(40-27)21-10-7-13-26(37-2)30(21)38-3/h7-8,10,12-17,20,23,27,29H,4-6,9,11,18H2,1-3H3,(H,33,35)/t20-,23+,27+,29+/m0/s1. The number of nitrogens with zero attached hydrogens (tertiary/aromatic N) is 1. The molecule has 5 rings (SSSR count). The minimum atomic E-state index is -0.599.